The maximum Gasteiger partial charge on any atom is 0.0294 e. The number of hydrogen-bond acceptors (Lipinski definition) is 2. The Morgan fingerprint density at radius 2 is 2.42 bits per heavy atom. The van der Waals surface area contributed by atoms with Gasteiger partial charge in [-0.2, -0.15) is 11.8 Å². The minimum atomic E-state index is 0.832. The highest BCUT2D eigenvalue weighted by molar-refractivity contribution is 9.11. The first-order valence-corrected chi connectivity index (χ1v) is 6.20. The first-order valence-electron chi connectivity index (χ1n) is 4.35. The van der Waals surface area contributed by atoms with Gasteiger partial charge in [-0.1, -0.05) is 29.4 Å². The van der Waals surface area contributed by atoms with Crippen molar-refractivity contribution in [3.05, 3.63) is 11.1 Å². The van der Waals surface area contributed by atoms with Crippen LogP contribution in [-0.2, 0) is 0 Å². The smallest absolute Gasteiger partial charge is 0.0294 e. The third-order valence-corrected chi connectivity index (χ3v) is 3.53. The molecule has 1 aliphatic heterocycles. The molecular formula is C9H16BrNS. The molecule has 0 spiro atoms. The fraction of sp³-hybridized carbons (Fsp3) is 0.778. The average molecular weight is 250 g/mol. The van der Waals surface area contributed by atoms with Gasteiger partial charge in [-0.15, -0.1) is 0 Å². The van der Waals surface area contributed by atoms with Crippen LogP contribution in [-0.4, -0.2) is 35.5 Å². The largest absolute Gasteiger partial charge is 0.298 e. The summed E-state index contributed by atoms with van der Waals surface area (Å²) in [4.78, 5) is 2.47. The lowest BCUT2D eigenvalue weighted by atomic mass is 10.3. The van der Waals surface area contributed by atoms with E-state index in [0.717, 1.165) is 16.3 Å². The monoisotopic (exact) mass is 249 g/mol. The van der Waals surface area contributed by atoms with Crippen LogP contribution >= 0.6 is 27.7 Å². The Morgan fingerprint density at radius 1 is 1.67 bits per heavy atom. The van der Waals surface area contributed by atoms with E-state index < -0.39 is 0 Å². The predicted octanol–water partition coefficient (Wildman–Crippen LogP) is 2.72. The molecular weight excluding hydrogens is 234 g/mol. The van der Waals surface area contributed by atoms with Gasteiger partial charge in [0.2, 0.25) is 0 Å². The van der Waals surface area contributed by atoms with E-state index in [9.17, 15) is 0 Å². The van der Waals surface area contributed by atoms with Gasteiger partial charge >= 0.3 is 0 Å². The van der Waals surface area contributed by atoms with E-state index in [0.29, 0.717) is 0 Å². The van der Waals surface area contributed by atoms with Crippen LogP contribution in [0.3, 0.4) is 0 Å². The van der Waals surface area contributed by atoms with Crippen LogP contribution in [0.5, 0.6) is 0 Å². The second kappa shape index (κ2) is 5.30. The zero-order valence-electron chi connectivity index (χ0n) is 7.55. The molecule has 1 aliphatic rings. The molecule has 0 aliphatic carbocycles. The Morgan fingerprint density at radius 3 is 3.08 bits per heavy atom. The number of nitrogens with zero attached hydrogens (tertiary/aromatic N) is 1. The van der Waals surface area contributed by atoms with Crippen molar-refractivity contribution < 1.29 is 0 Å². The van der Waals surface area contributed by atoms with Crippen molar-refractivity contribution in [3.8, 4) is 0 Å². The third-order valence-electron chi connectivity index (χ3n) is 2.06. The molecule has 0 radical (unpaired) electrons. The first-order chi connectivity index (χ1) is 5.68. The summed E-state index contributed by atoms with van der Waals surface area (Å²) in [6, 6.07) is 0. The van der Waals surface area contributed by atoms with Crippen LogP contribution in [0.15, 0.2) is 11.1 Å². The quantitative estimate of drug-likeness (QED) is 0.741. The lowest BCUT2D eigenvalue weighted by Gasteiger charge is -2.18. The van der Waals surface area contributed by atoms with Crippen LogP contribution in [0.4, 0.5) is 0 Å². The normalized spacial score (nSPS) is 26.7. The second-order valence-corrected chi connectivity index (χ2v) is 5.93. The average Bonchev–Trinajstić information content (AvgIpc) is 2.15. The molecule has 0 N–H and O–H groups in total. The van der Waals surface area contributed by atoms with E-state index in [1.807, 2.05) is 0 Å². The summed E-state index contributed by atoms with van der Waals surface area (Å²) < 4.78 is 1.10. The number of halogens is 1. The summed E-state index contributed by atoms with van der Waals surface area (Å²) in [5.41, 5.74) is 0. The summed E-state index contributed by atoms with van der Waals surface area (Å²) in [5.74, 6) is 1.27. The molecule has 0 aromatic rings. The third kappa shape index (κ3) is 3.97. The summed E-state index contributed by atoms with van der Waals surface area (Å²) in [6.07, 6.45) is 1.31. The standard InChI is InChI=1S/C9H16BrNS/c1-8(10)7-11-4-3-9(2)12-6-5-11/h9H,1,3-7H2,2H3. The Labute approximate surface area is 87.7 Å². The van der Waals surface area contributed by atoms with Crippen molar-refractivity contribution in [2.45, 2.75) is 18.6 Å². The number of thioether (sulfide) groups is 1. The van der Waals surface area contributed by atoms with Gasteiger partial charge in [-0.25, -0.2) is 0 Å². The van der Waals surface area contributed by atoms with Crippen molar-refractivity contribution in [2.24, 2.45) is 0 Å². The van der Waals surface area contributed by atoms with Crippen LogP contribution in [0, 0.1) is 0 Å². The number of hydrogen-bond donors (Lipinski definition) is 0. The molecule has 0 aromatic heterocycles. The maximum atomic E-state index is 3.87. The Balaban J connectivity index is 2.30. The maximum absolute atomic E-state index is 3.87. The zero-order valence-corrected chi connectivity index (χ0v) is 9.96. The van der Waals surface area contributed by atoms with Crippen molar-refractivity contribution >= 4 is 27.7 Å². The fourth-order valence-electron chi connectivity index (χ4n) is 1.34. The molecule has 0 saturated carbocycles. The molecule has 70 valence electrons. The SMILES string of the molecule is C=C(Br)CN1CCSC(C)CC1. The molecule has 1 saturated heterocycles. The minimum Gasteiger partial charge on any atom is -0.298 e. The van der Waals surface area contributed by atoms with Gasteiger partial charge in [0, 0.05) is 28.6 Å². The van der Waals surface area contributed by atoms with Gasteiger partial charge in [-0.05, 0) is 13.0 Å². The summed E-state index contributed by atoms with van der Waals surface area (Å²) in [5, 5.41) is 0.832. The van der Waals surface area contributed by atoms with Crippen LogP contribution in [0.2, 0.25) is 0 Å². The van der Waals surface area contributed by atoms with E-state index in [-0.39, 0.29) is 0 Å². The van der Waals surface area contributed by atoms with Gasteiger partial charge in [-0.3, -0.25) is 4.90 Å². The molecule has 1 nitrogen and oxygen atoms in total. The molecule has 1 heterocycles. The molecule has 0 amide bonds. The summed E-state index contributed by atoms with van der Waals surface area (Å²) in [7, 11) is 0. The zero-order chi connectivity index (χ0) is 8.97. The minimum absolute atomic E-state index is 0.832. The molecule has 1 atom stereocenters. The van der Waals surface area contributed by atoms with Crippen molar-refractivity contribution in [3.63, 3.8) is 0 Å². The van der Waals surface area contributed by atoms with Crippen molar-refractivity contribution in [1.29, 1.82) is 0 Å². The Hall–Kier alpha value is 0.530. The van der Waals surface area contributed by atoms with E-state index in [4.69, 9.17) is 0 Å². The molecule has 3 heteroatoms. The highest BCUT2D eigenvalue weighted by Crippen LogP contribution is 2.19. The lowest BCUT2D eigenvalue weighted by Crippen LogP contribution is -2.27. The lowest BCUT2D eigenvalue weighted by molar-refractivity contribution is 0.321. The van der Waals surface area contributed by atoms with Crippen molar-refractivity contribution in [1.82, 2.24) is 4.90 Å². The Kier molecular flexibility index (Phi) is 4.69. The molecule has 0 bridgehead atoms. The fourth-order valence-corrected chi connectivity index (χ4v) is 2.74. The Bertz CT molecular complexity index is 161. The molecule has 1 fully saturated rings. The van der Waals surface area contributed by atoms with E-state index in [2.05, 4.69) is 46.1 Å². The molecule has 0 aromatic carbocycles. The highest BCUT2D eigenvalue weighted by atomic mass is 79.9. The topological polar surface area (TPSA) is 3.24 Å². The van der Waals surface area contributed by atoms with E-state index in [1.165, 1.54) is 25.3 Å². The van der Waals surface area contributed by atoms with E-state index >= 15 is 0 Å². The molecule has 12 heavy (non-hydrogen) atoms. The first kappa shape index (κ1) is 10.6. The summed E-state index contributed by atoms with van der Waals surface area (Å²) >= 11 is 5.49. The van der Waals surface area contributed by atoms with Crippen molar-refractivity contribution in [2.75, 3.05) is 25.4 Å². The van der Waals surface area contributed by atoms with Gasteiger partial charge in [0.25, 0.3) is 0 Å². The van der Waals surface area contributed by atoms with Gasteiger partial charge in [0.1, 0.15) is 0 Å². The molecule has 1 rings (SSSR count). The van der Waals surface area contributed by atoms with Gasteiger partial charge < -0.3 is 0 Å². The van der Waals surface area contributed by atoms with Gasteiger partial charge in [0.05, 0.1) is 0 Å². The van der Waals surface area contributed by atoms with Gasteiger partial charge in [0.15, 0.2) is 0 Å². The highest BCUT2D eigenvalue weighted by Gasteiger charge is 2.13. The predicted molar refractivity (Wildman–Crippen MR) is 61.0 cm³/mol. The van der Waals surface area contributed by atoms with Crippen LogP contribution in [0.1, 0.15) is 13.3 Å². The molecule has 1 unspecified atom stereocenters. The van der Waals surface area contributed by atoms with E-state index in [1.54, 1.807) is 0 Å². The second-order valence-electron chi connectivity index (χ2n) is 3.26. The number of rotatable bonds is 2. The summed E-state index contributed by atoms with van der Waals surface area (Å²) in [6.45, 7) is 9.62. The van der Waals surface area contributed by atoms with Crippen LogP contribution < -0.4 is 0 Å². The van der Waals surface area contributed by atoms with Crippen LogP contribution in [0.25, 0.3) is 0 Å².